The van der Waals surface area contributed by atoms with Crippen LogP contribution in [0.25, 0.3) is 0 Å². The highest BCUT2D eigenvalue weighted by Gasteiger charge is 2.18. The molecule has 20 heavy (non-hydrogen) atoms. The summed E-state index contributed by atoms with van der Waals surface area (Å²) in [5, 5.41) is 12.2. The van der Waals surface area contributed by atoms with Crippen molar-refractivity contribution >= 4 is 40.8 Å². The lowest BCUT2D eigenvalue weighted by Crippen LogP contribution is -2.40. The number of halogens is 2. The first-order valence-corrected chi connectivity index (χ1v) is 6.74. The van der Waals surface area contributed by atoms with E-state index in [1.165, 1.54) is 0 Å². The number of aliphatic carboxylic acids is 1. The van der Waals surface area contributed by atoms with Crippen LogP contribution in [0.5, 0.6) is 0 Å². The molecule has 0 bridgehead atoms. The second-order valence-corrected chi connectivity index (χ2v) is 5.32. The molecule has 0 radical (unpaired) electrons. The number of carboxylic acid groups (broad SMARTS) is 1. The fourth-order valence-corrected chi connectivity index (χ4v) is 2.06. The van der Waals surface area contributed by atoms with Gasteiger partial charge in [-0.05, 0) is 32.2 Å². The van der Waals surface area contributed by atoms with Crippen LogP contribution >= 0.6 is 23.2 Å². The van der Waals surface area contributed by atoms with Crippen molar-refractivity contribution in [2.75, 3.05) is 18.9 Å². The number of rotatable bonds is 6. The summed E-state index contributed by atoms with van der Waals surface area (Å²) >= 11 is 11.7. The third-order valence-electron chi connectivity index (χ3n) is 2.85. The molecule has 0 heterocycles. The first-order valence-electron chi connectivity index (χ1n) is 5.98. The van der Waals surface area contributed by atoms with E-state index < -0.39 is 12.0 Å². The van der Waals surface area contributed by atoms with E-state index in [-0.39, 0.29) is 12.3 Å². The van der Waals surface area contributed by atoms with E-state index in [0.717, 1.165) is 0 Å². The topological polar surface area (TPSA) is 69.6 Å². The smallest absolute Gasteiger partial charge is 0.304 e. The summed E-state index contributed by atoms with van der Waals surface area (Å²) in [7, 11) is 1.69. The van der Waals surface area contributed by atoms with Gasteiger partial charge in [-0.1, -0.05) is 23.2 Å². The van der Waals surface area contributed by atoms with Crippen molar-refractivity contribution < 1.29 is 14.7 Å². The first kappa shape index (κ1) is 16.8. The van der Waals surface area contributed by atoms with Crippen LogP contribution in [0, 0.1) is 0 Å². The lowest BCUT2D eigenvalue weighted by atomic mass is 10.2. The third-order valence-corrected chi connectivity index (χ3v) is 3.29. The van der Waals surface area contributed by atoms with Crippen molar-refractivity contribution in [3.8, 4) is 0 Å². The minimum atomic E-state index is -0.897. The molecule has 1 atom stereocenters. The molecule has 1 rings (SSSR count). The zero-order chi connectivity index (χ0) is 15.3. The van der Waals surface area contributed by atoms with Crippen molar-refractivity contribution in [1.29, 1.82) is 0 Å². The number of benzene rings is 1. The molecule has 0 fully saturated rings. The monoisotopic (exact) mass is 318 g/mol. The van der Waals surface area contributed by atoms with Crippen LogP contribution < -0.4 is 5.32 Å². The van der Waals surface area contributed by atoms with Gasteiger partial charge in [-0.15, -0.1) is 0 Å². The molecular formula is C13H16Cl2N2O3. The molecule has 0 spiro atoms. The Hall–Kier alpha value is -1.30. The van der Waals surface area contributed by atoms with Gasteiger partial charge in [-0.2, -0.15) is 0 Å². The Kier molecular flexibility index (Phi) is 6.26. The molecular weight excluding hydrogens is 303 g/mol. The Morgan fingerprint density at radius 2 is 1.85 bits per heavy atom. The van der Waals surface area contributed by atoms with E-state index in [4.69, 9.17) is 28.3 Å². The van der Waals surface area contributed by atoms with Gasteiger partial charge in [0.05, 0.1) is 12.5 Å². The Bertz CT molecular complexity index is 488. The van der Waals surface area contributed by atoms with Crippen LogP contribution in [-0.2, 0) is 9.59 Å². The average molecular weight is 319 g/mol. The van der Waals surface area contributed by atoms with Crippen LogP contribution in [0.4, 0.5) is 5.69 Å². The summed E-state index contributed by atoms with van der Waals surface area (Å²) in [6, 6.07) is 4.29. The fraction of sp³-hybridized carbons (Fsp3) is 0.385. The predicted octanol–water partition coefficient (Wildman–Crippen LogP) is 2.73. The van der Waals surface area contributed by atoms with Gasteiger partial charge in [0.1, 0.15) is 0 Å². The van der Waals surface area contributed by atoms with Crippen molar-refractivity contribution in [3.05, 3.63) is 28.2 Å². The number of amides is 1. The van der Waals surface area contributed by atoms with E-state index in [1.54, 1.807) is 37.1 Å². The number of carbonyl (C=O) groups is 2. The Labute approximate surface area is 127 Å². The lowest BCUT2D eigenvalue weighted by molar-refractivity contribution is -0.137. The number of carboxylic acids is 1. The number of nitrogens with one attached hydrogen (secondary N) is 1. The number of likely N-dealkylation sites (N-methyl/N-ethyl adjacent to an activating group) is 1. The van der Waals surface area contributed by atoms with Crippen LogP contribution in [0.2, 0.25) is 10.0 Å². The minimum Gasteiger partial charge on any atom is -0.481 e. The quantitative estimate of drug-likeness (QED) is 0.846. The molecule has 1 aromatic rings. The molecule has 0 aliphatic heterocycles. The van der Waals surface area contributed by atoms with Gasteiger partial charge >= 0.3 is 5.97 Å². The fourth-order valence-electron chi connectivity index (χ4n) is 1.54. The molecule has 1 aromatic carbocycles. The summed E-state index contributed by atoms with van der Waals surface area (Å²) in [6.45, 7) is 1.99. The van der Waals surface area contributed by atoms with Crippen LogP contribution in [0.3, 0.4) is 0 Å². The van der Waals surface area contributed by atoms with E-state index in [9.17, 15) is 9.59 Å². The maximum atomic E-state index is 12.0. The first-order chi connectivity index (χ1) is 9.29. The molecule has 1 amide bonds. The van der Waals surface area contributed by atoms with E-state index in [0.29, 0.717) is 22.3 Å². The lowest BCUT2D eigenvalue weighted by Gasteiger charge is -2.23. The third kappa shape index (κ3) is 5.36. The van der Waals surface area contributed by atoms with Crippen LogP contribution in [0.15, 0.2) is 18.2 Å². The number of anilines is 1. The van der Waals surface area contributed by atoms with Crippen molar-refractivity contribution in [1.82, 2.24) is 4.90 Å². The normalized spacial score (nSPS) is 12.2. The average Bonchev–Trinajstić information content (AvgIpc) is 2.33. The minimum absolute atomic E-state index is 0.0168. The SMILES string of the molecule is CC(C(=O)Nc1cc(Cl)cc(Cl)c1)N(C)CCC(=O)O. The number of hydrogen-bond donors (Lipinski definition) is 2. The van der Waals surface area contributed by atoms with Crippen LogP contribution in [-0.4, -0.2) is 41.5 Å². The second kappa shape index (κ2) is 7.47. The summed E-state index contributed by atoms with van der Waals surface area (Å²) < 4.78 is 0. The standard InChI is InChI=1S/C13H16Cl2N2O3/c1-8(17(2)4-3-12(18)19)13(20)16-11-6-9(14)5-10(15)7-11/h5-8H,3-4H2,1-2H3,(H,16,20)(H,18,19). The molecule has 110 valence electrons. The molecule has 5 nitrogen and oxygen atoms in total. The summed E-state index contributed by atoms with van der Waals surface area (Å²) in [5.74, 6) is -1.15. The van der Waals surface area contributed by atoms with Crippen LogP contribution in [0.1, 0.15) is 13.3 Å². The Morgan fingerprint density at radius 3 is 2.35 bits per heavy atom. The van der Waals surface area contributed by atoms with E-state index >= 15 is 0 Å². The Morgan fingerprint density at radius 1 is 1.30 bits per heavy atom. The van der Waals surface area contributed by atoms with Gasteiger partial charge in [0.2, 0.25) is 5.91 Å². The molecule has 0 aliphatic carbocycles. The highest BCUT2D eigenvalue weighted by molar-refractivity contribution is 6.35. The van der Waals surface area contributed by atoms with Crippen molar-refractivity contribution in [3.63, 3.8) is 0 Å². The van der Waals surface area contributed by atoms with Gasteiger partial charge in [0, 0.05) is 22.3 Å². The molecule has 2 N–H and O–H groups in total. The molecule has 0 aliphatic rings. The van der Waals surface area contributed by atoms with Crippen molar-refractivity contribution in [2.45, 2.75) is 19.4 Å². The molecule has 0 saturated heterocycles. The number of carbonyl (C=O) groups excluding carboxylic acids is 1. The summed E-state index contributed by atoms with van der Waals surface area (Å²) in [4.78, 5) is 24.2. The van der Waals surface area contributed by atoms with E-state index in [1.807, 2.05) is 0 Å². The summed E-state index contributed by atoms with van der Waals surface area (Å²) in [6.07, 6.45) is -0.0168. The van der Waals surface area contributed by atoms with Gasteiger partial charge < -0.3 is 10.4 Å². The highest BCUT2D eigenvalue weighted by Crippen LogP contribution is 2.22. The van der Waals surface area contributed by atoms with Gasteiger partial charge in [0.25, 0.3) is 0 Å². The largest absolute Gasteiger partial charge is 0.481 e. The van der Waals surface area contributed by atoms with Gasteiger partial charge in [0.15, 0.2) is 0 Å². The maximum Gasteiger partial charge on any atom is 0.304 e. The maximum absolute atomic E-state index is 12.0. The molecule has 0 saturated carbocycles. The highest BCUT2D eigenvalue weighted by atomic mass is 35.5. The molecule has 7 heteroatoms. The van der Waals surface area contributed by atoms with Gasteiger partial charge in [-0.25, -0.2) is 0 Å². The second-order valence-electron chi connectivity index (χ2n) is 4.45. The predicted molar refractivity (Wildman–Crippen MR) is 79.4 cm³/mol. The number of nitrogens with zero attached hydrogens (tertiary/aromatic N) is 1. The zero-order valence-electron chi connectivity index (χ0n) is 11.2. The zero-order valence-corrected chi connectivity index (χ0v) is 12.7. The van der Waals surface area contributed by atoms with Crippen molar-refractivity contribution in [2.24, 2.45) is 0 Å². The van der Waals surface area contributed by atoms with E-state index in [2.05, 4.69) is 5.32 Å². The molecule has 1 unspecified atom stereocenters. The van der Waals surface area contributed by atoms with Gasteiger partial charge in [-0.3, -0.25) is 14.5 Å². The summed E-state index contributed by atoms with van der Waals surface area (Å²) in [5.41, 5.74) is 0.506. The number of hydrogen-bond acceptors (Lipinski definition) is 3. The molecule has 0 aromatic heterocycles. The Balaban J connectivity index is 2.62.